The summed E-state index contributed by atoms with van der Waals surface area (Å²) >= 11 is 7.47. The molecular formula is C21H13ClF2N2O3S. The fourth-order valence-corrected chi connectivity index (χ4v) is 4.14. The van der Waals surface area contributed by atoms with E-state index in [1.807, 2.05) is 0 Å². The lowest BCUT2D eigenvalue weighted by molar-refractivity contribution is 0.0994. The molecule has 0 saturated heterocycles. The summed E-state index contributed by atoms with van der Waals surface area (Å²) in [5, 5.41) is 4.44. The van der Waals surface area contributed by atoms with E-state index >= 15 is 0 Å². The van der Waals surface area contributed by atoms with Crippen LogP contribution in [-0.2, 0) is 13.5 Å². The average Bonchev–Trinajstić information content (AvgIpc) is 3.32. The molecule has 0 spiro atoms. The number of hydrogen-bond donors (Lipinski definition) is 0. The summed E-state index contributed by atoms with van der Waals surface area (Å²) in [7, 11) is 1.47. The summed E-state index contributed by atoms with van der Waals surface area (Å²) in [5.41, 5.74) is 0.896. The van der Waals surface area contributed by atoms with Gasteiger partial charge in [0.25, 0.3) is 0 Å². The standard InChI is InChI=1S/C21H13ClF2N2O3S/c1-26-21(28)29-20(25-26)11-5-6-14(22)12(9-11)18-7-8-19(30-18)17(27)10-13-15(23)3-2-4-16(13)24/h2-9H,10H2,1H3. The lowest BCUT2D eigenvalue weighted by atomic mass is 10.1. The normalized spacial score (nSPS) is 11.1. The molecule has 0 atom stereocenters. The van der Waals surface area contributed by atoms with Gasteiger partial charge in [0.15, 0.2) is 5.78 Å². The average molecular weight is 447 g/mol. The molecule has 0 saturated carbocycles. The number of benzene rings is 2. The first-order chi connectivity index (χ1) is 14.3. The summed E-state index contributed by atoms with van der Waals surface area (Å²) in [4.78, 5) is 25.1. The summed E-state index contributed by atoms with van der Waals surface area (Å²) < 4.78 is 33.9. The van der Waals surface area contributed by atoms with Gasteiger partial charge in [0.05, 0.1) is 4.88 Å². The number of carbonyl (C=O) groups is 1. The molecule has 30 heavy (non-hydrogen) atoms. The Hall–Kier alpha value is -3.10. The van der Waals surface area contributed by atoms with Crippen molar-refractivity contribution < 1.29 is 18.0 Å². The van der Waals surface area contributed by atoms with Crippen LogP contribution in [0.5, 0.6) is 0 Å². The minimum absolute atomic E-state index is 0.142. The fourth-order valence-electron chi connectivity index (χ4n) is 2.89. The monoisotopic (exact) mass is 446 g/mol. The number of thiophene rings is 1. The zero-order valence-corrected chi connectivity index (χ0v) is 17.1. The van der Waals surface area contributed by atoms with E-state index in [0.29, 0.717) is 25.9 Å². The first-order valence-corrected chi connectivity index (χ1v) is 9.93. The number of halogens is 3. The highest BCUT2D eigenvalue weighted by molar-refractivity contribution is 7.17. The first-order valence-electron chi connectivity index (χ1n) is 8.74. The minimum Gasteiger partial charge on any atom is -0.388 e. The summed E-state index contributed by atoms with van der Waals surface area (Å²) in [6.07, 6.45) is -0.384. The predicted octanol–water partition coefficient (Wildman–Crippen LogP) is 5.13. The maximum Gasteiger partial charge on any atom is 0.437 e. The van der Waals surface area contributed by atoms with E-state index in [2.05, 4.69) is 5.10 Å². The van der Waals surface area contributed by atoms with Crippen molar-refractivity contribution in [2.45, 2.75) is 6.42 Å². The molecule has 0 aliphatic carbocycles. The molecule has 0 N–H and O–H groups in total. The molecule has 0 radical (unpaired) electrons. The van der Waals surface area contributed by atoms with Crippen molar-refractivity contribution in [3.05, 3.63) is 86.2 Å². The van der Waals surface area contributed by atoms with Gasteiger partial charge in [-0.15, -0.1) is 16.4 Å². The van der Waals surface area contributed by atoms with E-state index in [4.69, 9.17) is 16.0 Å². The van der Waals surface area contributed by atoms with E-state index in [1.54, 1.807) is 30.3 Å². The number of carbonyl (C=O) groups excluding carboxylic acids is 1. The maximum atomic E-state index is 13.8. The van der Waals surface area contributed by atoms with E-state index < -0.39 is 23.2 Å². The molecule has 0 aliphatic heterocycles. The van der Waals surface area contributed by atoms with E-state index in [9.17, 15) is 18.4 Å². The van der Waals surface area contributed by atoms with Gasteiger partial charge < -0.3 is 4.42 Å². The van der Waals surface area contributed by atoms with Gasteiger partial charge in [-0.25, -0.2) is 13.6 Å². The smallest absolute Gasteiger partial charge is 0.388 e. The van der Waals surface area contributed by atoms with Crippen molar-refractivity contribution >= 4 is 28.7 Å². The van der Waals surface area contributed by atoms with E-state index in [0.717, 1.165) is 28.2 Å². The molecular weight excluding hydrogens is 434 g/mol. The number of ketones is 1. The van der Waals surface area contributed by atoms with Gasteiger partial charge in [-0.1, -0.05) is 17.7 Å². The van der Waals surface area contributed by atoms with Crippen LogP contribution < -0.4 is 5.76 Å². The SMILES string of the molecule is Cn1nc(-c2ccc(Cl)c(-c3ccc(C(=O)Cc4c(F)cccc4F)s3)c2)oc1=O. The topological polar surface area (TPSA) is 65.1 Å². The highest BCUT2D eigenvalue weighted by Gasteiger charge is 2.18. The molecule has 9 heteroatoms. The van der Waals surface area contributed by atoms with Gasteiger partial charge >= 0.3 is 5.76 Å². The first kappa shape index (κ1) is 20.2. The molecule has 0 amide bonds. The Balaban J connectivity index is 1.64. The second kappa shape index (κ2) is 7.97. The van der Waals surface area contributed by atoms with Crippen LogP contribution in [0.3, 0.4) is 0 Å². The molecule has 0 unspecified atom stereocenters. The van der Waals surface area contributed by atoms with Crippen molar-refractivity contribution in [2.24, 2.45) is 7.05 Å². The summed E-state index contributed by atoms with van der Waals surface area (Å²) in [5.74, 6) is -2.37. The van der Waals surface area contributed by atoms with Gasteiger partial charge in [-0.05, 0) is 42.5 Å². The largest absolute Gasteiger partial charge is 0.437 e. The Kier molecular flexibility index (Phi) is 5.36. The van der Waals surface area contributed by atoms with Crippen LogP contribution in [0.4, 0.5) is 8.78 Å². The number of rotatable bonds is 5. The zero-order valence-electron chi connectivity index (χ0n) is 15.5. The Morgan fingerprint density at radius 1 is 1.17 bits per heavy atom. The zero-order chi connectivity index (χ0) is 21.4. The molecule has 0 fully saturated rings. The number of hydrogen-bond acceptors (Lipinski definition) is 5. The molecule has 5 nitrogen and oxygen atoms in total. The number of aryl methyl sites for hydroxylation is 1. The summed E-state index contributed by atoms with van der Waals surface area (Å²) in [6.45, 7) is 0. The Bertz CT molecular complexity index is 1310. The maximum absolute atomic E-state index is 13.8. The van der Waals surface area contributed by atoms with Crippen LogP contribution in [0.25, 0.3) is 21.9 Å². The van der Waals surface area contributed by atoms with Gasteiger partial charge in [-0.2, -0.15) is 4.68 Å². The van der Waals surface area contributed by atoms with Crippen LogP contribution in [-0.4, -0.2) is 15.6 Å². The molecule has 0 aliphatic rings. The molecule has 4 rings (SSSR count). The second-order valence-corrected chi connectivity index (χ2v) is 7.95. The minimum atomic E-state index is -0.757. The van der Waals surface area contributed by atoms with Crippen LogP contribution >= 0.6 is 22.9 Å². The number of aromatic nitrogens is 2. The van der Waals surface area contributed by atoms with Gasteiger partial charge in [0.2, 0.25) is 5.89 Å². The number of nitrogens with zero attached hydrogens (tertiary/aromatic N) is 2. The highest BCUT2D eigenvalue weighted by atomic mass is 35.5. The third-order valence-electron chi connectivity index (χ3n) is 4.45. The summed E-state index contributed by atoms with van der Waals surface area (Å²) in [6, 6.07) is 11.8. The van der Waals surface area contributed by atoms with Gasteiger partial charge in [-0.3, -0.25) is 4.79 Å². The fraction of sp³-hybridized carbons (Fsp3) is 0.0952. The second-order valence-electron chi connectivity index (χ2n) is 6.46. The van der Waals surface area contributed by atoms with Gasteiger partial charge in [0, 0.05) is 40.1 Å². The number of Topliss-reactive ketones (excluding diaryl/α,β-unsaturated/α-hetero) is 1. The van der Waals surface area contributed by atoms with E-state index in [-0.39, 0.29) is 17.9 Å². The van der Waals surface area contributed by atoms with E-state index in [1.165, 1.54) is 13.1 Å². The van der Waals surface area contributed by atoms with Crippen molar-refractivity contribution in [1.82, 2.24) is 9.78 Å². The third kappa shape index (κ3) is 3.83. The predicted molar refractivity (Wildman–Crippen MR) is 110 cm³/mol. The van der Waals surface area contributed by atoms with Crippen LogP contribution in [0.1, 0.15) is 15.2 Å². The Labute approximate surface area is 178 Å². The molecule has 2 aromatic heterocycles. The molecule has 2 heterocycles. The van der Waals surface area contributed by atoms with Crippen molar-refractivity contribution in [1.29, 1.82) is 0 Å². The van der Waals surface area contributed by atoms with Gasteiger partial charge in [0.1, 0.15) is 11.6 Å². The quantitative estimate of drug-likeness (QED) is 0.399. The Morgan fingerprint density at radius 2 is 1.90 bits per heavy atom. The van der Waals surface area contributed by atoms with Crippen LogP contribution in [0.2, 0.25) is 5.02 Å². The van der Waals surface area contributed by atoms with Crippen molar-refractivity contribution in [3.8, 4) is 21.9 Å². The lowest BCUT2D eigenvalue weighted by Gasteiger charge is -2.04. The lowest BCUT2D eigenvalue weighted by Crippen LogP contribution is -2.09. The third-order valence-corrected chi connectivity index (χ3v) is 5.94. The van der Waals surface area contributed by atoms with Crippen molar-refractivity contribution in [3.63, 3.8) is 0 Å². The molecule has 4 aromatic rings. The van der Waals surface area contributed by atoms with Crippen molar-refractivity contribution in [2.75, 3.05) is 0 Å². The molecule has 0 bridgehead atoms. The van der Waals surface area contributed by atoms with Crippen LogP contribution in [0, 0.1) is 11.6 Å². The van der Waals surface area contributed by atoms with Crippen LogP contribution in [0.15, 0.2) is 57.7 Å². The Morgan fingerprint density at radius 3 is 2.57 bits per heavy atom. The molecule has 152 valence electrons. The highest BCUT2D eigenvalue weighted by Crippen LogP contribution is 2.36. The molecule has 2 aromatic carbocycles.